The summed E-state index contributed by atoms with van der Waals surface area (Å²) in [4.78, 5) is 14.4. The van der Waals surface area contributed by atoms with Crippen LogP contribution in [0.25, 0.3) is 6.08 Å². The summed E-state index contributed by atoms with van der Waals surface area (Å²) in [5, 5.41) is 0. The highest BCUT2D eigenvalue weighted by molar-refractivity contribution is 8.26. The molecule has 4 nitrogen and oxygen atoms in total. The first kappa shape index (κ1) is 22.4. The Morgan fingerprint density at radius 1 is 1.07 bits per heavy atom. The van der Waals surface area contributed by atoms with Crippen molar-refractivity contribution in [3.05, 3.63) is 64.6 Å². The molecule has 1 atom stereocenters. The van der Waals surface area contributed by atoms with Gasteiger partial charge in [0.15, 0.2) is 0 Å². The lowest BCUT2D eigenvalue weighted by Gasteiger charge is -2.16. The van der Waals surface area contributed by atoms with Gasteiger partial charge in [-0.15, -0.1) is 0 Å². The van der Waals surface area contributed by atoms with Gasteiger partial charge in [0.1, 0.15) is 15.8 Å². The molecule has 1 heterocycles. The summed E-state index contributed by atoms with van der Waals surface area (Å²) in [6, 6.07) is 15.9. The third-order valence-corrected chi connectivity index (χ3v) is 6.54. The first-order valence-corrected chi connectivity index (χ1v) is 11.4. The van der Waals surface area contributed by atoms with Gasteiger partial charge in [0, 0.05) is 19.0 Å². The SMILES string of the molecule is CCC(C)c1ccccc1OCCCOc1ccccc1/C=C1/SC(=S)N(C)C1=O. The van der Waals surface area contributed by atoms with Crippen molar-refractivity contribution in [2.24, 2.45) is 0 Å². The van der Waals surface area contributed by atoms with Gasteiger partial charge in [0.2, 0.25) is 0 Å². The van der Waals surface area contributed by atoms with Crippen LogP contribution in [0.5, 0.6) is 11.5 Å². The molecule has 0 N–H and O–H groups in total. The van der Waals surface area contributed by atoms with Crippen LogP contribution >= 0.6 is 24.0 Å². The third-order valence-electron chi connectivity index (χ3n) is 5.06. The highest BCUT2D eigenvalue weighted by Crippen LogP contribution is 2.33. The molecule has 2 aromatic rings. The van der Waals surface area contributed by atoms with Gasteiger partial charge >= 0.3 is 0 Å². The summed E-state index contributed by atoms with van der Waals surface area (Å²) >= 11 is 6.51. The molecule has 30 heavy (non-hydrogen) atoms. The van der Waals surface area contributed by atoms with Crippen LogP contribution in [0.2, 0.25) is 0 Å². The number of benzene rings is 2. The molecule has 1 fully saturated rings. The fraction of sp³-hybridized carbons (Fsp3) is 0.333. The van der Waals surface area contributed by atoms with Gasteiger partial charge in [-0.3, -0.25) is 9.69 Å². The third kappa shape index (κ3) is 5.43. The predicted octanol–water partition coefficient (Wildman–Crippen LogP) is 5.88. The van der Waals surface area contributed by atoms with E-state index in [4.69, 9.17) is 21.7 Å². The Morgan fingerprint density at radius 2 is 1.70 bits per heavy atom. The lowest BCUT2D eigenvalue weighted by Crippen LogP contribution is -2.22. The van der Waals surface area contributed by atoms with Gasteiger partial charge in [0.25, 0.3) is 5.91 Å². The molecule has 6 heteroatoms. The average molecular weight is 442 g/mol. The molecule has 1 unspecified atom stereocenters. The molecule has 1 amide bonds. The van der Waals surface area contributed by atoms with Crippen LogP contribution in [0.3, 0.4) is 0 Å². The van der Waals surface area contributed by atoms with Crippen LogP contribution in [0.4, 0.5) is 0 Å². The van der Waals surface area contributed by atoms with Crippen molar-refractivity contribution in [3.63, 3.8) is 0 Å². The van der Waals surface area contributed by atoms with E-state index in [1.807, 2.05) is 42.5 Å². The molecule has 0 aromatic heterocycles. The monoisotopic (exact) mass is 441 g/mol. The van der Waals surface area contributed by atoms with Gasteiger partial charge < -0.3 is 9.47 Å². The van der Waals surface area contributed by atoms with Gasteiger partial charge in [-0.05, 0) is 36.1 Å². The van der Waals surface area contributed by atoms with E-state index >= 15 is 0 Å². The molecule has 1 saturated heterocycles. The number of hydrogen-bond donors (Lipinski definition) is 0. The molecule has 158 valence electrons. The molecular formula is C24H27NO3S2. The standard InChI is InChI=1S/C24H27NO3S2/c1-4-17(2)19-11-6-8-13-21(19)28-15-9-14-27-20-12-7-5-10-18(20)16-22-23(26)25(3)24(29)30-22/h5-8,10-13,16-17H,4,9,14-15H2,1-3H3/b22-16+. The van der Waals surface area contributed by atoms with Crippen molar-refractivity contribution in [2.75, 3.05) is 20.3 Å². The minimum atomic E-state index is -0.0758. The Balaban J connectivity index is 1.56. The van der Waals surface area contributed by atoms with Crippen LogP contribution in [-0.2, 0) is 4.79 Å². The summed E-state index contributed by atoms with van der Waals surface area (Å²) in [6.07, 6.45) is 3.69. The Bertz CT molecular complexity index is 942. The van der Waals surface area contributed by atoms with E-state index in [0.717, 1.165) is 29.9 Å². The number of nitrogens with zero attached hydrogens (tertiary/aromatic N) is 1. The Hall–Kier alpha value is -2.31. The van der Waals surface area contributed by atoms with E-state index in [1.165, 1.54) is 22.2 Å². The average Bonchev–Trinajstić information content (AvgIpc) is 3.01. The zero-order valence-corrected chi connectivity index (χ0v) is 19.2. The van der Waals surface area contributed by atoms with Crippen LogP contribution in [0, 0.1) is 0 Å². The number of thioether (sulfide) groups is 1. The number of carbonyl (C=O) groups is 1. The first-order valence-electron chi connectivity index (χ1n) is 10.2. The molecule has 0 aliphatic carbocycles. The van der Waals surface area contributed by atoms with E-state index in [-0.39, 0.29) is 5.91 Å². The summed E-state index contributed by atoms with van der Waals surface area (Å²) in [7, 11) is 1.69. The van der Waals surface area contributed by atoms with Crippen molar-refractivity contribution in [3.8, 4) is 11.5 Å². The number of thiocarbonyl (C=S) groups is 1. The smallest absolute Gasteiger partial charge is 0.265 e. The maximum absolute atomic E-state index is 12.3. The van der Waals surface area contributed by atoms with E-state index in [9.17, 15) is 4.79 Å². The van der Waals surface area contributed by atoms with Crippen LogP contribution in [0.15, 0.2) is 53.4 Å². The van der Waals surface area contributed by atoms with Crippen molar-refractivity contribution in [2.45, 2.75) is 32.6 Å². The second-order valence-electron chi connectivity index (χ2n) is 7.18. The fourth-order valence-corrected chi connectivity index (χ4v) is 4.25. The summed E-state index contributed by atoms with van der Waals surface area (Å²) in [6.45, 7) is 5.52. The number of amides is 1. The largest absolute Gasteiger partial charge is 0.493 e. The number of ether oxygens (including phenoxy) is 2. The van der Waals surface area contributed by atoms with E-state index < -0.39 is 0 Å². The van der Waals surface area contributed by atoms with Gasteiger partial charge in [-0.2, -0.15) is 0 Å². The minimum Gasteiger partial charge on any atom is -0.493 e. The van der Waals surface area contributed by atoms with Crippen molar-refractivity contribution < 1.29 is 14.3 Å². The first-order chi connectivity index (χ1) is 14.5. The van der Waals surface area contributed by atoms with Crippen molar-refractivity contribution in [1.29, 1.82) is 0 Å². The van der Waals surface area contributed by atoms with Crippen LogP contribution < -0.4 is 9.47 Å². The quantitative estimate of drug-likeness (QED) is 0.276. The number of para-hydroxylation sites is 2. The van der Waals surface area contributed by atoms with Crippen LogP contribution in [0.1, 0.15) is 43.7 Å². The fourth-order valence-electron chi connectivity index (χ4n) is 3.08. The Kier molecular flexibility index (Phi) is 7.94. The second-order valence-corrected chi connectivity index (χ2v) is 8.85. The highest BCUT2D eigenvalue weighted by Gasteiger charge is 2.28. The molecule has 0 spiro atoms. The normalized spacial score (nSPS) is 16.2. The number of likely N-dealkylation sites (N-methyl/N-ethyl adjacent to an activating group) is 1. The number of hydrogen-bond acceptors (Lipinski definition) is 5. The summed E-state index contributed by atoms with van der Waals surface area (Å²) in [5.41, 5.74) is 2.12. The molecule has 3 rings (SSSR count). The van der Waals surface area contributed by atoms with E-state index in [1.54, 1.807) is 7.05 Å². The lowest BCUT2D eigenvalue weighted by molar-refractivity contribution is -0.121. The Labute approximate surface area is 188 Å². The maximum atomic E-state index is 12.3. The molecule has 0 bridgehead atoms. The van der Waals surface area contributed by atoms with E-state index in [0.29, 0.717) is 28.4 Å². The molecule has 1 aliphatic heterocycles. The Morgan fingerprint density at radius 3 is 2.37 bits per heavy atom. The molecule has 0 radical (unpaired) electrons. The topological polar surface area (TPSA) is 38.8 Å². The molecule has 1 aliphatic rings. The second kappa shape index (κ2) is 10.6. The van der Waals surface area contributed by atoms with Crippen molar-refractivity contribution >= 4 is 40.3 Å². The van der Waals surface area contributed by atoms with Gasteiger partial charge in [0.05, 0.1) is 18.1 Å². The molecule has 2 aromatic carbocycles. The number of carbonyl (C=O) groups excluding carboxylic acids is 1. The van der Waals surface area contributed by atoms with Gasteiger partial charge in [-0.1, -0.05) is 74.2 Å². The number of rotatable bonds is 9. The van der Waals surface area contributed by atoms with Gasteiger partial charge in [-0.25, -0.2) is 0 Å². The van der Waals surface area contributed by atoms with E-state index in [2.05, 4.69) is 26.0 Å². The summed E-state index contributed by atoms with van der Waals surface area (Å²) < 4.78 is 12.6. The predicted molar refractivity (Wildman–Crippen MR) is 128 cm³/mol. The maximum Gasteiger partial charge on any atom is 0.265 e. The summed E-state index contributed by atoms with van der Waals surface area (Å²) in [5.74, 6) is 2.10. The zero-order valence-electron chi connectivity index (χ0n) is 17.6. The lowest BCUT2D eigenvalue weighted by atomic mass is 9.98. The van der Waals surface area contributed by atoms with Crippen molar-refractivity contribution in [1.82, 2.24) is 4.90 Å². The zero-order chi connectivity index (χ0) is 21.5. The highest BCUT2D eigenvalue weighted by atomic mass is 32.2. The minimum absolute atomic E-state index is 0.0758. The van der Waals surface area contributed by atoms with Crippen LogP contribution in [-0.4, -0.2) is 35.4 Å². The molecule has 0 saturated carbocycles. The molecular weight excluding hydrogens is 414 g/mol.